The van der Waals surface area contributed by atoms with Crippen molar-refractivity contribution < 1.29 is 0 Å². The van der Waals surface area contributed by atoms with Crippen molar-refractivity contribution in [1.82, 2.24) is 9.97 Å². The summed E-state index contributed by atoms with van der Waals surface area (Å²) >= 11 is 5.77. The summed E-state index contributed by atoms with van der Waals surface area (Å²) in [6.07, 6.45) is 3.18. The van der Waals surface area contributed by atoms with Gasteiger partial charge in [-0.25, -0.2) is 0 Å². The number of hydrogen-bond donors (Lipinski definition) is 2. The first-order valence-corrected chi connectivity index (χ1v) is 7.00. The van der Waals surface area contributed by atoms with E-state index >= 15 is 0 Å². The molecular weight excluding hydrogens is 314 g/mol. The fraction of sp³-hybridized carbons (Fsp3) is 0. The third-order valence-corrected chi connectivity index (χ3v) is 3.13. The van der Waals surface area contributed by atoms with Crippen molar-refractivity contribution in [2.75, 3.05) is 0 Å². The van der Waals surface area contributed by atoms with Gasteiger partial charge < -0.3 is 9.97 Å². The smallest absolute Gasteiger partial charge is 0.265 e. The molecule has 0 unspecified atom stereocenters. The highest BCUT2D eigenvalue weighted by molar-refractivity contribution is 6.30. The van der Waals surface area contributed by atoms with E-state index in [0.29, 0.717) is 5.02 Å². The second-order valence-electron chi connectivity index (χ2n) is 4.48. The monoisotopic (exact) mass is 325 g/mol. The number of aromatic nitrogens is 2. The molecule has 1 aromatic carbocycles. The summed E-state index contributed by atoms with van der Waals surface area (Å²) in [5.41, 5.74) is 1.36. The first kappa shape index (κ1) is 16.3. The van der Waals surface area contributed by atoms with Crippen LogP contribution in [-0.4, -0.2) is 9.97 Å². The lowest BCUT2D eigenvalue weighted by Crippen LogP contribution is -2.08. The molecule has 0 fully saturated rings. The number of benzene rings is 1. The molecule has 6 heteroatoms. The Bertz CT molecular complexity index is 920. The Morgan fingerprint density at radius 1 is 0.957 bits per heavy atom. The number of rotatable bonds is 1. The van der Waals surface area contributed by atoms with E-state index in [1.54, 1.807) is 42.7 Å². The van der Waals surface area contributed by atoms with Crippen LogP contribution in [0.5, 0.6) is 0 Å². The van der Waals surface area contributed by atoms with Gasteiger partial charge in [-0.15, -0.1) is 0 Å². The summed E-state index contributed by atoms with van der Waals surface area (Å²) in [6.45, 7) is 0. The molecule has 3 rings (SSSR count). The molecule has 3 aromatic rings. The average Bonchev–Trinajstić information content (AvgIpc) is 2.57. The number of nitriles is 1. The van der Waals surface area contributed by atoms with Crippen molar-refractivity contribution in [2.45, 2.75) is 0 Å². The number of hydrogen-bond acceptors (Lipinski definition) is 3. The highest BCUT2D eigenvalue weighted by atomic mass is 35.5. The van der Waals surface area contributed by atoms with Gasteiger partial charge in [0.25, 0.3) is 5.56 Å². The van der Waals surface area contributed by atoms with E-state index in [9.17, 15) is 9.59 Å². The molecule has 0 aliphatic heterocycles. The molecule has 0 saturated carbocycles. The van der Waals surface area contributed by atoms with Gasteiger partial charge in [0.2, 0.25) is 5.56 Å². The van der Waals surface area contributed by atoms with Crippen molar-refractivity contribution in [2.24, 2.45) is 0 Å². The molecule has 2 heterocycles. The maximum atomic E-state index is 11.2. The molecule has 0 spiro atoms. The lowest BCUT2D eigenvalue weighted by molar-refractivity contribution is 1.22. The Morgan fingerprint density at radius 2 is 1.70 bits per heavy atom. The Balaban J connectivity index is 0.000000229. The van der Waals surface area contributed by atoms with E-state index < -0.39 is 0 Å². The fourth-order valence-electron chi connectivity index (χ4n) is 1.75. The zero-order valence-corrected chi connectivity index (χ0v) is 12.7. The highest BCUT2D eigenvalue weighted by Crippen LogP contribution is 2.20. The highest BCUT2D eigenvalue weighted by Gasteiger charge is 2.02. The standard InChI is InChI=1S/C12H7ClN2O.C5H5NO/c13-11-3-1-8(2-4-11)10-5-9(6-14)12(16)15-7-10;7-5-3-1-2-4-6-5/h1-5,7H,(H,15,16);1-4H,(H,6,7). The van der Waals surface area contributed by atoms with Crippen LogP contribution in [0.1, 0.15) is 5.56 Å². The van der Waals surface area contributed by atoms with Crippen molar-refractivity contribution in [3.8, 4) is 17.2 Å². The Hall–Kier alpha value is -3.10. The zero-order valence-electron chi connectivity index (χ0n) is 11.9. The predicted molar refractivity (Wildman–Crippen MR) is 89.3 cm³/mol. The van der Waals surface area contributed by atoms with Gasteiger partial charge in [-0.2, -0.15) is 5.26 Å². The number of pyridine rings is 2. The summed E-state index contributed by atoms with van der Waals surface area (Å²) in [7, 11) is 0. The van der Waals surface area contributed by atoms with Crippen LogP contribution in [0.25, 0.3) is 11.1 Å². The van der Waals surface area contributed by atoms with Crippen molar-refractivity contribution in [1.29, 1.82) is 5.26 Å². The maximum Gasteiger partial charge on any atom is 0.265 e. The van der Waals surface area contributed by atoms with Crippen LogP contribution in [0.4, 0.5) is 0 Å². The molecule has 0 amide bonds. The van der Waals surface area contributed by atoms with Crippen LogP contribution < -0.4 is 11.1 Å². The SMILES string of the molecule is N#Cc1cc(-c2ccc(Cl)cc2)c[nH]c1=O.O=c1cccc[nH]1. The van der Waals surface area contributed by atoms with Gasteiger partial charge in [-0.05, 0) is 35.4 Å². The second-order valence-corrected chi connectivity index (χ2v) is 4.91. The molecule has 0 aliphatic carbocycles. The summed E-state index contributed by atoms with van der Waals surface area (Å²) < 4.78 is 0. The molecular formula is C17H12ClN3O2. The number of halogens is 1. The van der Waals surface area contributed by atoms with Crippen LogP contribution in [0.15, 0.2) is 70.5 Å². The van der Waals surface area contributed by atoms with Gasteiger partial charge in [0, 0.05) is 23.5 Å². The third kappa shape index (κ3) is 4.70. The Kier molecular flexibility index (Phi) is 5.50. The molecule has 0 saturated heterocycles. The molecule has 0 atom stereocenters. The van der Waals surface area contributed by atoms with Crippen LogP contribution in [0.2, 0.25) is 5.02 Å². The van der Waals surface area contributed by atoms with Gasteiger partial charge in [0.15, 0.2) is 0 Å². The summed E-state index contributed by atoms with van der Waals surface area (Å²) in [4.78, 5) is 26.4. The average molecular weight is 326 g/mol. The minimum atomic E-state index is -0.375. The van der Waals surface area contributed by atoms with Crippen molar-refractivity contribution in [3.05, 3.63) is 92.2 Å². The van der Waals surface area contributed by atoms with Gasteiger partial charge in [-0.1, -0.05) is 29.8 Å². The quantitative estimate of drug-likeness (QED) is 0.720. The predicted octanol–water partition coefficient (Wildman–Crippen LogP) is 2.94. The van der Waals surface area contributed by atoms with Crippen molar-refractivity contribution in [3.63, 3.8) is 0 Å². The molecule has 5 nitrogen and oxygen atoms in total. The molecule has 0 aliphatic rings. The van der Waals surface area contributed by atoms with Gasteiger partial charge >= 0.3 is 0 Å². The van der Waals surface area contributed by atoms with Crippen molar-refractivity contribution >= 4 is 11.6 Å². The minimum absolute atomic E-state index is 0.0532. The topological polar surface area (TPSA) is 89.5 Å². The van der Waals surface area contributed by atoms with Crippen LogP contribution in [-0.2, 0) is 0 Å². The summed E-state index contributed by atoms with van der Waals surface area (Å²) in [5.74, 6) is 0. The minimum Gasteiger partial charge on any atom is -0.329 e. The van der Waals surface area contributed by atoms with Gasteiger partial charge in [0.05, 0.1) is 0 Å². The summed E-state index contributed by atoms with van der Waals surface area (Å²) in [6, 6.07) is 15.5. The van der Waals surface area contributed by atoms with E-state index in [1.807, 2.05) is 18.2 Å². The van der Waals surface area contributed by atoms with E-state index in [4.69, 9.17) is 16.9 Å². The zero-order chi connectivity index (χ0) is 16.7. The first-order valence-electron chi connectivity index (χ1n) is 6.62. The first-order chi connectivity index (χ1) is 11.1. The van der Waals surface area contributed by atoms with E-state index in [1.165, 1.54) is 6.07 Å². The number of aromatic amines is 2. The number of H-pyrrole nitrogens is 2. The molecule has 0 radical (unpaired) electrons. The van der Waals surface area contributed by atoms with Crippen LogP contribution in [0.3, 0.4) is 0 Å². The Labute approximate surface area is 136 Å². The second kappa shape index (κ2) is 7.78. The molecule has 0 bridgehead atoms. The molecule has 2 aromatic heterocycles. The lowest BCUT2D eigenvalue weighted by Gasteiger charge is -2.01. The lowest BCUT2D eigenvalue weighted by atomic mass is 10.1. The fourth-order valence-corrected chi connectivity index (χ4v) is 1.88. The maximum absolute atomic E-state index is 11.2. The van der Waals surface area contributed by atoms with E-state index in [-0.39, 0.29) is 16.7 Å². The van der Waals surface area contributed by atoms with Crippen LogP contribution in [0, 0.1) is 11.3 Å². The van der Waals surface area contributed by atoms with Gasteiger partial charge in [0.1, 0.15) is 11.6 Å². The molecule has 23 heavy (non-hydrogen) atoms. The Morgan fingerprint density at radius 3 is 2.22 bits per heavy atom. The molecule has 114 valence electrons. The van der Waals surface area contributed by atoms with E-state index in [0.717, 1.165) is 11.1 Å². The summed E-state index contributed by atoms with van der Waals surface area (Å²) in [5, 5.41) is 9.39. The van der Waals surface area contributed by atoms with E-state index in [2.05, 4.69) is 9.97 Å². The van der Waals surface area contributed by atoms with Gasteiger partial charge in [-0.3, -0.25) is 9.59 Å². The molecule has 2 N–H and O–H groups in total. The normalized spacial score (nSPS) is 9.39. The number of nitrogens with one attached hydrogen (secondary N) is 2. The van der Waals surface area contributed by atoms with Crippen LogP contribution >= 0.6 is 11.6 Å². The third-order valence-electron chi connectivity index (χ3n) is 2.88. The number of nitrogens with zero attached hydrogens (tertiary/aromatic N) is 1. The largest absolute Gasteiger partial charge is 0.329 e.